The molecule has 0 bridgehead atoms. The number of hydrogen-bond acceptors (Lipinski definition) is 4. The van der Waals surface area contributed by atoms with Crippen LogP contribution in [0, 0.1) is 17.6 Å². The molecular weight excluding hydrogens is 591 g/mol. The van der Waals surface area contributed by atoms with Gasteiger partial charge in [0.05, 0.1) is 24.3 Å². The maximum atomic E-state index is 14.8. The molecule has 3 atom stereocenters. The number of benzene rings is 1. The van der Waals surface area contributed by atoms with Crippen LogP contribution in [-0.4, -0.2) is 55.9 Å². The Labute approximate surface area is 218 Å². The van der Waals surface area contributed by atoms with Crippen molar-refractivity contribution in [2.24, 2.45) is 5.92 Å². The van der Waals surface area contributed by atoms with Gasteiger partial charge in [-0.3, -0.25) is 14.6 Å². The van der Waals surface area contributed by atoms with Gasteiger partial charge in [-0.2, -0.15) is 0 Å². The average molecular weight is 618 g/mol. The van der Waals surface area contributed by atoms with Crippen molar-refractivity contribution in [1.82, 2.24) is 15.2 Å². The molecule has 2 amide bonds. The lowest BCUT2D eigenvalue weighted by molar-refractivity contribution is -0.128. The summed E-state index contributed by atoms with van der Waals surface area (Å²) in [5, 5.41) is 2.57. The van der Waals surface area contributed by atoms with E-state index in [-0.39, 0.29) is 32.3 Å². The number of nitrogens with zero attached hydrogens (tertiary/aromatic N) is 2. The molecule has 3 heterocycles. The fourth-order valence-corrected chi connectivity index (χ4v) is 6.05. The zero-order chi connectivity index (χ0) is 25.3. The Kier molecular flexibility index (Phi) is 8.17. The molecule has 6 nitrogen and oxygen atoms in total. The number of carbonyl (C=O) groups is 2. The molecule has 2 aliphatic rings. The van der Waals surface area contributed by atoms with E-state index in [0.717, 1.165) is 17.8 Å². The van der Waals surface area contributed by atoms with E-state index in [9.17, 15) is 18.4 Å². The first-order chi connectivity index (χ1) is 16.7. The first-order valence-electron chi connectivity index (χ1n) is 11.4. The van der Waals surface area contributed by atoms with E-state index in [2.05, 4.69) is 14.8 Å². The highest BCUT2D eigenvalue weighted by atomic mass is 127. The van der Waals surface area contributed by atoms with Crippen molar-refractivity contribution in [3.05, 3.63) is 63.9 Å². The second kappa shape index (κ2) is 11.0. The number of ether oxygens (including phenoxy) is 1. The molecule has 0 saturated carbocycles. The normalized spacial score (nSPS) is 21.1. The topological polar surface area (TPSA) is 71.5 Å². The fraction of sp³-hybridized carbons (Fsp3) is 0.440. The van der Waals surface area contributed by atoms with Gasteiger partial charge < -0.3 is 15.0 Å². The van der Waals surface area contributed by atoms with Crippen LogP contribution >= 0.6 is 32.3 Å². The van der Waals surface area contributed by atoms with Crippen LogP contribution in [0.15, 0.2) is 30.5 Å². The summed E-state index contributed by atoms with van der Waals surface area (Å²) in [5.41, 5.74) is 1.28. The molecule has 35 heavy (non-hydrogen) atoms. The van der Waals surface area contributed by atoms with E-state index < -0.39 is 50.4 Å². The predicted octanol–water partition coefficient (Wildman–Crippen LogP) is 4.63. The minimum atomic E-state index is -0.804. The van der Waals surface area contributed by atoms with Crippen LogP contribution in [0.1, 0.15) is 53.8 Å². The van der Waals surface area contributed by atoms with Gasteiger partial charge in [0.25, 0.3) is 5.91 Å². The lowest BCUT2D eigenvalue weighted by Crippen LogP contribution is -2.50. The third-order valence-electron chi connectivity index (χ3n) is 6.46. The highest BCUT2D eigenvalue weighted by Crippen LogP contribution is 2.34. The standard InChI is InChI=1S/C25H27ClF2IN3O3/c1-13(2)21-6-14(4-5-30-21)25(34)32-10-16(29-3)7-22(32)24(33)31-23(15-11-35-12-15)17-8-20(28)18(26)9-19(17)27/h4-6,8-9,13,15-16,22-23H,3,7,10-12H2,1-2H3,(H,31,33)/t16-,22-,23-/m1/s1. The molecule has 2 saturated heterocycles. The van der Waals surface area contributed by atoms with Crippen LogP contribution in [0.5, 0.6) is 0 Å². The van der Waals surface area contributed by atoms with Gasteiger partial charge in [-0.15, -0.1) is 20.7 Å². The van der Waals surface area contributed by atoms with E-state index in [0.29, 0.717) is 31.7 Å². The monoisotopic (exact) mass is 617 g/mol. The van der Waals surface area contributed by atoms with E-state index in [1.807, 2.05) is 13.8 Å². The average Bonchev–Trinajstić information content (AvgIpc) is 3.24. The van der Waals surface area contributed by atoms with Gasteiger partial charge in [0.1, 0.15) is 17.7 Å². The third kappa shape index (κ3) is 5.56. The molecule has 0 aliphatic carbocycles. The van der Waals surface area contributed by atoms with Crippen molar-refractivity contribution in [2.45, 2.75) is 42.2 Å². The van der Waals surface area contributed by atoms with Crippen molar-refractivity contribution in [3.8, 4) is 0 Å². The summed E-state index contributed by atoms with van der Waals surface area (Å²) in [5.74, 6) is -2.18. The molecule has 2 aromatic rings. The summed E-state index contributed by atoms with van der Waals surface area (Å²) in [6.07, 6.45) is 2.09. The number of amides is 2. The van der Waals surface area contributed by atoms with Crippen molar-refractivity contribution < 1.29 is 23.1 Å². The smallest absolute Gasteiger partial charge is 0.254 e. The van der Waals surface area contributed by atoms with Crippen molar-refractivity contribution >= 4 is 48.7 Å². The Morgan fingerprint density at radius 2 is 2.00 bits per heavy atom. The Hall–Kier alpha value is -1.98. The SMILES string of the molecule is C=I[C@@H]1C[C@H](C(=O)N[C@@H](c2cc(F)c(Cl)cc2F)C2COC2)N(C(=O)c2ccnc(C(C)C)c2)C1. The van der Waals surface area contributed by atoms with Gasteiger partial charge in [0, 0.05) is 39.4 Å². The van der Waals surface area contributed by atoms with Gasteiger partial charge in [-0.1, -0.05) is 30.0 Å². The molecule has 2 aliphatic heterocycles. The van der Waals surface area contributed by atoms with Crippen LogP contribution < -0.4 is 5.32 Å². The van der Waals surface area contributed by atoms with Crippen LogP contribution in [-0.2, 0) is 9.53 Å². The van der Waals surface area contributed by atoms with E-state index >= 15 is 0 Å². The Morgan fingerprint density at radius 1 is 1.26 bits per heavy atom. The van der Waals surface area contributed by atoms with Crippen LogP contribution in [0.3, 0.4) is 0 Å². The fourth-order valence-electron chi connectivity index (χ4n) is 4.35. The number of rotatable bonds is 7. The van der Waals surface area contributed by atoms with Gasteiger partial charge in [-0.25, -0.2) is 8.78 Å². The Bertz CT molecular complexity index is 1140. The zero-order valence-corrected chi connectivity index (χ0v) is 22.4. The largest absolute Gasteiger partial charge is 0.381 e. The molecule has 0 spiro atoms. The third-order valence-corrected chi connectivity index (χ3v) is 8.90. The minimum absolute atomic E-state index is 0.0151. The summed E-state index contributed by atoms with van der Waals surface area (Å²) in [4.78, 5) is 32.9. The van der Waals surface area contributed by atoms with E-state index in [1.54, 1.807) is 23.2 Å². The minimum Gasteiger partial charge on any atom is -0.381 e. The summed E-state index contributed by atoms with van der Waals surface area (Å²) in [6, 6.07) is 3.81. The second-order valence-electron chi connectivity index (χ2n) is 9.16. The number of aromatic nitrogens is 1. The van der Waals surface area contributed by atoms with E-state index in [1.165, 1.54) is 0 Å². The van der Waals surface area contributed by atoms with Gasteiger partial charge >= 0.3 is 0 Å². The van der Waals surface area contributed by atoms with Gasteiger partial charge in [-0.05, 0) is 36.6 Å². The molecule has 0 unspecified atom stereocenters. The lowest BCUT2D eigenvalue weighted by Gasteiger charge is -2.36. The summed E-state index contributed by atoms with van der Waals surface area (Å²) in [6.45, 7) is 5.05. The second-order valence-corrected chi connectivity index (χ2v) is 12.2. The lowest BCUT2D eigenvalue weighted by atomic mass is 9.90. The number of nitrogens with one attached hydrogen (secondary N) is 1. The number of hydrogen-bond donors (Lipinski definition) is 1. The van der Waals surface area contributed by atoms with Gasteiger partial charge in [0.2, 0.25) is 5.91 Å². The molecule has 1 N–H and O–H groups in total. The summed E-state index contributed by atoms with van der Waals surface area (Å²) < 4.78 is 38.4. The Morgan fingerprint density at radius 3 is 2.63 bits per heavy atom. The number of carbonyl (C=O) groups excluding carboxylic acids is 2. The van der Waals surface area contributed by atoms with Crippen molar-refractivity contribution in [3.63, 3.8) is 0 Å². The number of alkyl halides is 1. The molecule has 0 radical (unpaired) electrons. The molecule has 10 heteroatoms. The first-order valence-corrected chi connectivity index (χ1v) is 14.5. The van der Waals surface area contributed by atoms with E-state index in [4.69, 9.17) is 16.3 Å². The number of pyridine rings is 1. The molecular formula is C25H27ClF2IN3O3. The highest BCUT2D eigenvalue weighted by Gasteiger charge is 2.42. The molecule has 4 rings (SSSR count). The maximum Gasteiger partial charge on any atom is 0.254 e. The molecule has 2 fully saturated rings. The maximum absolute atomic E-state index is 14.8. The first kappa shape index (κ1) is 26.1. The van der Waals surface area contributed by atoms with Gasteiger partial charge in [0.15, 0.2) is 0 Å². The summed E-state index contributed by atoms with van der Waals surface area (Å²) >= 11 is 5.27. The zero-order valence-electron chi connectivity index (χ0n) is 19.4. The molecule has 1 aromatic carbocycles. The Balaban J connectivity index is 1.60. The number of likely N-dealkylation sites (tertiary alicyclic amines) is 1. The van der Waals surface area contributed by atoms with Crippen molar-refractivity contribution in [2.75, 3.05) is 19.8 Å². The van der Waals surface area contributed by atoms with Crippen LogP contribution in [0.4, 0.5) is 8.78 Å². The van der Waals surface area contributed by atoms with Crippen molar-refractivity contribution in [1.29, 1.82) is 0 Å². The molecule has 1 aromatic heterocycles. The quantitative estimate of drug-likeness (QED) is 0.280. The molecule has 188 valence electrons. The van der Waals surface area contributed by atoms with Crippen LogP contribution in [0.25, 0.3) is 0 Å². The summed E-state index contributed by atoms with van der Waals surface area (Å²) in [7, 11) is 0. The number of halogens is 4. The predicted molar refractivity (Wildman–Crippen MR) is 139 cm³/mol. The highest BCUT2D eigenvalue weighted by molar-refractivity contribution is 14.2. The van der Waals surface area contributed by atoms with Crippen LogP contribution in [0.2, 0.25) is 5.02 Å².